The number of carbonyl (C=O) groups is 2. The smallest absolute Gasteiger partial charge is 0.335 e. The molecular formula is C26H22N2O4S. The van der Waals surface area contributed by atoms with Crippen molar-refractivity contribution < 1.29 is 19.4 Å². The lowest BCUT2D eigenvalue weighted by Crippen LogP contribution is -2.19. The van der Waals surface area contributed by atoms with Crippen LogP contribution in [-0.4, -0.2) is 22.2 Å². The summed E-state index contributed by atoms with van der Waals surface area (Å²) in [5.74, 6) is -0.495. The molecule has 166 valence electrons. The molecule has 1 heterocycles. The zero-order chi connectivity index (χ0) is 23.4. The topological polar surface area (TPSA) is 88.0 Å². The Labute approximate surface area is 196 Å². The van der Waals surface area contributed by atoms with Crippen molar-refractivity contribution in [3.63, 3.8) is 0 Å². The number of aliphatic imine (C=N–C) groups is 1. The number of thioether (sulfide) groups is 1. The van der Waals surface area contributed by atoms with E-state index in [-0.39, 0.29) is 18.1 Å². The lowest BCUT2D eigenvalue weighted by Gasteiger charge is -2.07. The van der Waals surface area contributed by atoms with E-state index in [9.17, 15) is 9.59 Å². The molecule has 1 aliphatic heterocycles. The van der Waals surface area contributed by atoms with Gasteiger partial charge in [-0.1, -0.05) is 30.3 Å². The summed E-state index contributed by atoms with van der Waals surface area (Å²) in [5, 5.41) is 12.5. The number of nitrogens with one attached hydrogen (secondary N) is 1. The van der Waals surface area contributed by atoms with Crippen LogP contribution in [0.1, 0.15) is 32.6 Å². The molecule has 0 bridgehead atoms. The van der Waals surface area contributed by atoms with E-state index in [0.717, 1.165) is 22.4 Å². The molecule has 33 heavy (non-hydrogen) atoms. The number of ether oxygens (including phenoxy) is 1. The van der Waals surface area contributed by atoms with Crippen molar-refractivity contribution in [2.45, 2.75) is 20.5 Å². The third kappa shape index (κ3) is 5.70. The molecule has 3 aromatic carbocycles. The highest BCUT2D eigenvalue weighted by atomic mass is 32.2. The number of nitrogens with zero attached hydrogens (tertiary/aromatic N) is 1. The molecule has 1 aliphatic rings. The fourth-order valence-corrected chi connectivity index (χ4v) is 4.01. The number of hydrogen-bond acceptors (Lipinski definition) is 5. The van der Waals surface area contributed by atoms with E-state index in [1.807, 2.05) is 68.5 Å². The second-order valence-electron chi connectivity index (χ2n) is 7.61. The summed E-state index contributed by atoms with van der Waals surface area (Å²) >= 11 is 1.31. The second kappa shape index (κ2) is 9.75. The van der Waals surface area contributed by atoms with Gasteiger partial charge >= 0.3 is 5.97 Å². The maximum Gasteiger partial charge on any atom is 0.335 e. The third-order valence-electron chi connectivity index (χ3n) is 5.13. The van der Waals surface area contributed by atoms with E-state index >= 15 is 0 Å². The van der Waals surface area contributed by atoms with Gasteiger partial charge in [0.05, 0.1) is 16.2 Å². The normalized spacial score (nSPS) is 15.6. The van der Waals surface area contributed by atoms with Crippen LogP contribution in [0, 0.1) is 13.8 Å². The molecule has 2 N–H and O–H groups in total. The largest absolute Gasteiger partial charge is 0.489 e. The number of aryl methyl sites for hydroxylation is 2. The highest BCUT2D eigenvalue weighted by molar-refractivity contribution is 8.18. The Kier molecular flexibility index (Phi) is 6.60. The van der Waals surface area contributed by atoms with Crippen LogP contribution in [0.2, 0.25) is 0 Å². The molecule has 1 amide bonds. The van der Waals surface area contributed by atoms with Gasteiger partial charge in [-0.05, 0) is 90.3 Å². The predicted molar refractivity (Wildman–Crippen MR) is 131 cm³/mol. The molecule has 0 radical (unpaired) electrons. The summed E-state index contributed by atoms with van der Waals surface area (Å²) in [7, 11) is 0. The summed E-state index contributed by atoms with van der Waals surface area (Å²) in [4.78, 5) is 28.5. The maximum atomic E-state index is 12.4. The highest BCUT2D eigenvalue weighted by Gasteiger charge is 2.23. The lowest BCUT2D eigenvalue weighted by atomic mass is 10.1. The first kappa shape index (κ1) is 22.4. The Morgan fingerprint density at radius 2 is 1.85 bits per heavy atom. The number of hydrogen-bond donors (Lipinski definition) is 2. The van der Waals surface area contributed by atoms with Crippen molar-refractivity contribution in [1.29, 1.82) is 0 Å². The molecular weight excluding hydrogens is 436 g/mol. The Hall–Kier alpha value is -3.84. The van der Waals surface area contributed by atoms with Gasteiger partial charge in [0.1, 0.15) is 12.4 Å². The Morgan fingerprint density at radius 1 is 1.06 bits per heavy atom. The highest BCUT2D eigenvalue weighted by Crippen LogP contribution is 2.29. The fraction of sp³-hybridized carbons (Fsp3) is 0.115. The van der Waals surface area contributed by atoms with Crippen LogP contribution in [0.4, 0.5) is 5.69 Å². The number of amidine groups is 1. The number of benzene rings is 3. The van der Waals surface area contributed by atoms with Gasteiger partial charge in [0.15, 0.2) is 5.17 Å². The molecule has 0 spiro atoms. The molecule has 6 nitrogen and oxygen atoms in total. The molecule has 3 aromatic rings. The summed E-state index contributed by atoms with van der Waals surface area (Å²) in [6, 6.07) is 19.9. The van der Waals surface area contributed by atoms with Crippen LogP contribution < -0.4 is 10.1 Å². The first-order valence-corrected chi connectivity index (χ1v) is 11.1. The fourth-order valence-electron chi connectivity index (χ4n) is 3.17. The van der Waals surface area contributed by atoms with Gasteiger partial charge in [-0.3, -0.25) is 4.79 Å². The molecule has 7 heteroatoms. The molecule has 0 saturated carbocycles. The minimum atomic E-state index is -0.967. The first-order valence-electron chi connectivity index (χ1n) is 10.3. The Balaban J connectivity index is 1.40. The first-order chi connectivity index (χ1) is 15.9. The Morgan fingerprint density at radius 3 is 2.58 bits per heavy atom. The van der Waals surface area contributed by atoms with E-state index < -0.39 is 5.97 Å². The van der Waals surface area contributed by atoms with Crippen molar-refractivity contribution in [1.82, 2.24) is 5.32 Å². The van der Waals surface area contributed by atoms with Gasteiger partial charge in [-0.15, -0.1) is 0 Å². The van der Waals surface area contributed by atoms with Crippen LogP contribution >= 0.6 is 11.8 Å². The maximum absolute atomic E-state index is 12.4. The zero-order valence-electron chi connectivity index (χ0n) is 18.2. The van der Waals surface area contributed by atoms with Crippen molar-refractivity contribution >= 4 is 40.6 Å². The van der Waals surface area contributed by atoms with Gasteiger partial charge in [0.25, 0.3) is 5.91 Å². The van der Waals surface area contributed by atoms with Gasteiger partial charge in [0, 0.05) is 0 Å². The quantitative estimate of drug-likeness (QED) is 0.478. The van der Waals surface area contributed by atoms with Crippen LogP contribution in [0.15, 0.2) is 76.6 Å². The van der Waals surface area contributed by atoms with Gasteiger partial charge in [-0.2, -0.15) is 0 Å². The predicted octanol–water partition coefficient (Wildman–Crippen LogP) is 5.47. The molecule has 0 aliphatic carbocycles. The van der Waals surface area contributed by atoms with Gasteiger partial charge < -0.3 is 15.2 Å². The molecule has 4 rings (SSSR count). The molecule has 1 fully saturated rings. The van der Waals surface area contributed by atoms with E-state index in [4.69, 9.17) is 9.84 Å². The van der Waals surface area contributed by atoms with Crippen molar-refractivity contribution in [3.8, 4) is 5.75 Å². The van der Waals surface area contributed by atoms with E-state index in [1.54, 1.807) is 18.2 Å². The molecule has 1 saturated heterocycles. The minimum Gasteiger partial charge on any atom is -0.489 e. The zero-order valence-corrected chi connectivity index (χ0v) is 19.0. The second-order valence-corrected chi connectivity index (χ2v) is 8.64. The standard InChI is InChI=1S/C26H22N2O4S/c1-16-6-9-21(12-17(16)2)27-26-28-24(29)23(33-26)14-18-7-10-22(11-8-18)32-15-19-4-3-5-20(13-19)25(30)31/h3-14H,15H2,1-2H3,(H,30,31)(H,27,28,29)/b23-14-. The van der Waals surface area contributed by atoms with E-state index in [1.165, 1.54) is 17.3 Å². The van der Waals surface area contributed by atoms with Crippen LogP contribution in [0.5, 0.6) is 5.75 Å². The van der Waals surface area contributed by atoms with Crippen LogP contribution in [-0.2, 0) is 11.4 Å². The molecule has 0 unspecified atom stereocenters. The molecule has 0 atom stereocenters. The summed E-state index contributed by atoms with van der Waals surface area (Å²) < 4.78 is 5.76. The monoisotopic (exact) mass is 458 g/mol. The minimum absolute atomic E-state index is 0.179. The van der Waals surface area contributed by atoms with E-state index in [0.29, 0.717) is 15.8 Å². The number of carboxylic acids is 1. The number of aromatic carboxylic acids is 1. The number of carboxylic acid groups (broad SMARTS) is 1. The van der Waals surface area contributed by atoms with E-state index in [2.05, 4.69) is 10.3 Å². The number of carbonyl (C=O) groups excluding carboxylic acids is 1. The number of rotatable bonds is 6. The average molecular weight is 459 g/mol. The SMILES string of the molecule is Cc1ccc(N=C2NC(=O)/C(=C/c3ccc(OCc4cccc(C(=O)O)c4)cc3)S2)cc1C. The average Bonchev–Trinajstić information content (AvgIpc) is 3.14. The summed E-state index contributed by atoms with van der Waals surface area (Å²) in [6.45, 7) is 4.34. The van der Waals surface area contributed by atoms with Crippen molar-refractivity contribution in [3.05, 3.63) is 99.5 Å². The summed E-state index contributed by atoms with van der Waals surface area (Å²) in [5.41, 5.74) is 5.02. The van der Waals surface area contributed by atoms with Gasteiger partial charge in [-0.25, -0.2) is 9.79 Å². The van der Waals surface area contributed by atoms with Gasteiger partial charge in [0.2, 0.25) is 0 Å². The van der Waals surface area contributed by atoms with Crippen molar-refractivity contribution in [2.24, 2.45) is 4.99 Å². The lowest BCUT2D eigenvalue weighted by molar-refractivity contribution is -0.115. The van der Waals surface area contributed by atoms with Crippen LogP contribution in [0.25, 0.3) is 6.08 Å². The molecule has 0 aromatic heterocycles. The summed E-state index contributed by atoms with van der Waals surface area (Å²) in [6.07, 6.45) is 1.81. The van der Waals surface area contributed by atoms with Crippen LogP contribution in [0.3, 0.4) is 0 Å². The number of amides is 1. The Bertz CT molecular complexity index is 1280. The third-order valence-corrected chi connectivity index (χ3v) is 6.04. The van der Waals surface area contributed by atoms with Crippen molar-refractivity contribution in [2.75, 3.05) is 0 Å².